The molecule has 1 rings (SSSR count). The molecule has 2 amide bonds. The third kappa shape index (κ3) is 3.00. The summed E-state index contributed by atoms with van der Waals surface area (Å²) in [5.74, 6) is 0.0258. The van der Waals surface area contributed by atoms with Crippen molar-refractivity contribution in [1.82, 2.24) is 14.9 Å². The maximum atomic E-state index is 11.4. The van der Waals surface area contributed by atoms with Crippen molar-refractivity contribution in [2.24, 2.45) is 12.8 Å². The van der Waals surface area contributed by atoms with E-state index in [0.29, 0.717) is 0 Å². The van der Waals surface area contributed by atoms with Gasteiger partial charge in [-0.1, -0.05) is 0 Å². The summed E-state index contributed by atoms with van der Waals surface area (Å²) in [7, 11) is 1.43. The highest BCUT2D eigenvalue weighted by atomic mass is 16.2. The third-order valence-electron chi connectivity index (χ3n) is 2.10. The second kappa shape index (κ2) is 5.05. The van der Waals surface area contributed by atoms with Gasteiger partial charge in [0.1, 0.15) is 11.5 Å². The first-order valence-electron chi connectivity index (χ1n) is 4.79. The number of primary amides is 1. The number of H-pyrrole nitrogens is 1. The van der Waals surface area contributed by atoms with Gasteiger partial charge in [-0.2, -0.15) is 0 Å². The van der Waals surface area contributed by atoms with Crippen LogP contribution in [0.5, 0.6) is 0 Å². The molecule has 0 radical (unpaired) electrons. The predicted octanol–water partition coefficient (Wildman–Crippen LogP) is -2.26. The minimum atomic E-state index is -0.658. The number of nitrogens with one attached hydrogen (secondary N) is 3. The molecule has 1 aromatic rings. The molecule has 0 spiro atoms. The van der Waals surface area contributed by atoms with Gasteiger partial charge in [-0.05, 0) is 0 Å². The summed E-state index contributed by atoms with van der Waals surface area (Å²) in [4.78, 5) is 35.1. The van der Waals surface area contributed by atoms with Crippen molar-refractivity contribution in [3.63, 3.8) is 0 Å². The first kappa shape index (κ1) is 12.6. The first-order chi connectivity index (χ1) is 7.93. The highest BCUT2D eigenvalue weighted by molar-refractivity contribution is 5.71. The van der Waals surface area contributed by atoms with Gasteiger partial charge in [0.05, 0.1) is 0 Å². The number of nitrogens with two attached hydrogens (primary N) is 2. The zero-order valence-electron chi connectivity index (χ0n) is 9.24. The van der Waals surface area contributed by atoms with E-state index < -0.39 is 17.3 Å². The van der Waals surface area contributed by atoms with E-state index in [0.717, 1.165) is 4.57 Å². The average Bonchev–Trinajstić information content (AvgIpc) is 2.24. The number of hydrogen-bond donors (Lipinski definition) is 5. The minimum absolute atomic E-state index is 0.0258. The van der Waals surface area contributed by atoms with Crippen LogP contribution in [-0.2, 0) is 7.05 Å². The molecule has 0 fully saturated rings. The van der Waals surface area contributed by atoms with Crippen molar-refractivity contribution in [2.75, 3.05) is 24.1 Å². The van der Waals surface area contributed by atoms with Gasteiger partial charge in [0.15, 0.2) is 0 Å². The summed E-state index contributed by atoms with van der Waals surface area (Å²) in [6, 6.07) is -0.658. The fourth-order valence-electron chi connectivity index (χ4n) is 1.18. The number of nitrogen functional groups attached to an aromatic ring is 1. The molecule has 9 heteroatoms. The van der Waals surface area contributed by atoms with Crippen molar-refractivity contribution < 1.29 is 4.79 Å². The van der Waals surface area contributed by atoms with Crippen LogP contribution in [0.15, 0.2) is 9.59 Å². The van der Waals surface area contributed by atoms with Crippen molar-refractivity contribution in [3.05, 3.63) is 20.8 Å². The van der Waals surface area contributed by atoms with Crippen molar-refractivity contribution in [3.8, 4) is 0 Å². The van der Waals surface area contributed by atoms with E-state index in [1.165, 1.54) is 7.05 Å². The van der Waals surface area contributed by atoms with Gasteiger partial charge in [0, 0.05) is 20.1 Å². The zero-order valence-corrected chi connectivity index (χ0v) is 9.24. The molecule has 0 aromatic carbocycles. The number of amides is 2. The summed E-state index contributed by atoms with van der Waals surface area (Å²) < 4.78 is 1.10. The summed E-state index contributed by atoms with van der Waals surface area (Å²) in [5.41, 5.74) is 9.34. The van der Waals surface area contributed by atoms with Crippen LogP contribution >= 0.6 is 0 Å². The maximum absolute atomic E-state index is 11.4. The Morgan fingerprint density at radius 2 is 2.06 bits per heavy atom. The lowest BCUT2D eigenvalue weighted by Gasteiger charge is -2.10. The molecule has 1 aromatic heterocycles. The normalized spacial score (nSPS) is 9.94. The molecular formula is C8H14N6O3. The average molecular weight is 242 g/mol. The van der Waals surface area contributed by atoms with E-state index in [-0.39, 0.29) is 24.6 Å². The molecule has 1 heterocycles. The number of urea groups is 1. The lowest BCUT2D eigenvalue weighted by Crippen LogP contribution is -2.36. The molecule has 0 saturated carbocycles. The Labute approximate surface area is 95.8 Å². The van der Waals surface area contributed by atoms with E-state index in [9.17, 15) is 14.4 Å². The SMILES string of the molecule is Cn1c(N)c(NCCNC(N)=O)c(=O)[nH]c1=O. The maximum Gasteiger partial charge on any atom is 0.329 e. The number of anilines is 2. The summed E-state index contributed by atoms with van der Waals surface area (Å²) in [6.07, 6.45) is 0. The van der Waals surface area contributed by atoms with Gasteiger partial charge in [-0.3, -0.25) is 14.3 Å². The lowest BCUT2D eigenvalue weighted by molar-refractivity contribution is 0.249. The number of rotatable bonds is 4. The summed E-state index contributed by atoms with van der Waals surface area (Å²) >= 11 is 0. The van der Waals surface area contributed by atoms with Gasteiger partial charge < -0.3 is 22.1 Å². The molecule has 0 aliphatic carbocycles. The van der Waals surface area contributed by atoms with Crippen LogP contribution in [-0.4, -0.2) is 28.7 Å². The number of carbonyl (C=O) groups excluding carboxylic acids is 1. The van der Waals surface area contributed by atoms with E-state index in [2.05, 4.69) is 15.6 Å². The van der Waals surface area contributed by atoms with Crippen molar-refractivity contribution >= 4 is 17.5 Å². The number of aromatic nitrogens is 2. The molecule has 0 atom stereocenters. The standard InChI is InChI=1S/C8H14N6O3/c1-14-5(9)4(6(15)13-8(14)17)11-2-3-12-7(10)16/h11H,2-3,9H2,1H3,(H3,10,12,16)(H,13,15,17). The van der Waals surface area contributed by atoms with Crippen LogP contribution in [0.3, 0.4) is 0 Å². The monoisotopic (exact) mass is 242 g/mol. The van der Waals surface area contributed by atoms with Gasteiger partial charge in [-0.15, -0.1) is 0 Å². The highest BCUT2D eigenvalue weighted by Crippen LogP contribution is 2.06. The molecule has 0 saturated heterocycles. The number of carbonyl (C=O) groups is 1. The van der Waals surface area contributed by atoms with Crippen LogP contribution < -0.4 is 33.3 Å². The van der Waals surface area contributed by atoms with E-state index >= 15 is 0 Å². The Morgan fingerprint density at radius 3 is 2.65 bits per heavy atom. The first-order valence-corrected chi connectivity index (χ1v) is 4.79. The Bertz CT molecular complexity index is 531. The predicted molar refractivity (Wildman–Crippen MR) is 62.8 cm³/mol. The number of hydrogen-bond acceptors (Lipinski definition) is 5. The molecule has 0 aliphatic heterocycles. The zero-order chi connectivity index (χ0) is 13.0. The second-order valence-corrected chi connectivity index (χ2v) is 3.30. The molecule has 0 unspecified atom stereocenters. The van der Waals surface area contributed by atoms with Crippen LogP contribution in [0.4, 0.5) is 16.3 Å². The Balaban J connectivity index is 2.78. The fraction of sp³-hybridized carbons (Fsp3) is 0.375. The Kier molecular flexibility index (Phi) is 3.75. The van der Waals surface area contributed by atoms with Gasteiger partial charge in [0.25, 0.3) is 5.56 Å². The second-order valence-electron chi connectivity index (χ2n) is 3.30. The van der Waals surface area contributed by atoms with E-state index in [1.807, 2.05) is 0 Å². The topological polar surface area (TPSA) is 148 Å². The Morgan fingerprint density at radius 1 is 1.41 bits per heavy atom. The molecule has 0 aliphatic rings. The summed E-state index contributed by atoms with van der Waals surface area (Å²) in [6.45, 7) is 0.492. The molecule has 7 N–H and O–H groups in total. The molecule has 17 heavy (non-hydrogen) atoms. The van der Waals surface area contributed by atoms with Crippen molar-refractivity contribution in [2.45, 2.75) is 0 Å². The van der Waals surface area contributed by atoms with Crippen LogP contribution in [0.25, 0.3) is 0 Å². The van der Waals surface area contributed by atoms with Gasteiger partial charge in [-0.25, -0.2) is 9.59 Å². The molecule has 94 valence electrons. The Hall–Kier alpha value is -2.45. The minimum Gasteiger partial charge on any atom is -0.383 e. The quantitative estimate of drug-likeness (QED) is 0.378. The van der Waals surface area contributed by atoms with E-state index in [4.69, 9.17) is 11.5 Å². The lowest BCUT2D eigenvalue weighted by atomic mass is 10.4. The molecular weight excluding hydrogens is 228 g/mol. The summed E-state index contributed by atoms with van der Waals surface area (Å²) in [5, 5.41) is 5.04. The number of aromatic amines is 1. The fourth-order valence-corrected chi connectivity index (χ4v) is 1.18. The van der Waals surface area contributed by atoms with Crippen LogP contribution in [0.1, 0.15) is 0 Å². The van der Waals surface area contributed by atoms with Gasteiger partial charge in [0.2, 0.25) is 0 Å². The third-order valence-corrected chi connectivity index (χ3v) is 2.10. The molecule has 0 bridgehead atoms. The van der Waals surface area contributed by atoms with Crippen LogP contribution in [0, 0.1) is 0 Å². The van der Waals surface area contributed by atoms with Crippen molar-refractivity contribution in [1.29, 1.82) is 0 Å². The molecule has 9 nitrogen and oxygen atoms in total. The number of nitrogens with zero attached hydrogens (tertiary/aromatic N) is 1. The van der Waals surface area contributed by atoms with Gasteiger partial charge >= 0.3 is 11.7 Å². The van der Waals surface area contributed by atoms with Crippen LogP contribution in [0.2, 0.25) is 0 Å². The highest BCUT2D eigenvalue weighted by Gasteiger charge is 2.08. The smallest absolute Gasteiger partial charge is 0.329 e. The van der Waals surface area contributed by atoms with E-state index in [1.54, 1.807) is 0 Å². The largest absolute Gasteiger partial charge is 0.383 e.